The lowest BCUT2D eigenvalue weighted by Crippen LogP contribution is -2.47. The van der Waals surface area contributed by atoms with Crippen LogP contribution in [0.4, 0.5) is 5.88 Å². The molecule has 8 nitrogen and oxygen atoms in total. The molecule has 3 rings (SSSR count). The fourth-order valence-corrected chi connectivity index (χ4v) is 2.71. The second kappa shape index (κ2) is 7.39. The number of carbonyl (C=O) groups is 1. The summed E-state index contributed by atoms with van der Waals surface area (Å²) in [5.74, 6) is 0.826. The molecule has 1 saturated heterocycles. The van der Waals surface area contributed by atoms with Crippen molar-refractivity contribution >= 4 is 11.8 Å². The van der Waals surface area contributed by atoms with Crippen LogP contribution in [0.25, 0.3) is 0 Å². The molecule has 1 atom stereocenters. The van der Waals surface area contributed by atoms with Gasteiger partial charge in [0.15, 0.2) is 0 Å². The normalized spacial score (nSPS) is 17.4. The van der Waals surface area contributed by atoms with Crippen molar-refractivity contribution in [1.29, 1.82) is 0 Å². The Bertz CT molecular complexity index is 667. The van der Waals surface area contributed by atoms with Gasteiger partial charge in [-0.25, -0.2) is 4.98 Å². The van der Waals surface area contributed by atoms with Crippen molar-refractivity contribution in [1.82, 2.24) is 20.0 Å². The Hall–Kier alpha value is -2.48. The van der Waals surface area contributed by atoms with Gasteiger partial charge in [0.1, 0.15) is 6.10 Å². The number of anilines is 1. The topological polar surface area (TPSA) is 93.4 Å². The van der Waals surface area contributed by atoms with Crippen LogP contribution in [-0.2, 0) is 4.79 Å². The first-order valence-electron chi connectivity index (χ1n) is 8.02. The highest BCUT2D eigenvalue weighted by Gasteiger charge is 2.28. The molecule has 0 saturated carbocycles. The molecule has 24 heavy (non-hydrogen) atoms. The summed E-state index contributed by atoms with van der Waals surface area (Å²) in [6.45, 7) is 5.27. The van der Waals surface area contributed by atoms with Crippen molar-refractivity contribution in [2.45, 2.75) is 38.8 Å². The van der Waals surface area contributed by atoms with Gasteiger partial charge in [-0.15, -0.1) is 0 Å². The molecule has 1 amide bonds. The number of piperidine rings is 1. The SMILES string of the molecule is Cc1cc(NC(=O)C(C)N2CCC(Oc3cnccn3)CC2)on1. The summed E-state index contributed by atoms with van der Waals surface area (Å²) in [6, 6.07) is 1.46. The number of nitrogens with one attached hydrogen (secondary N) is 1. The minimum Gasteiger partial charge on any atom is -0.473 e. The molecule has 0 aromatic carbocycles. The molecule has 2 aromatic heterocycles. The highest BCUT2D eigenvalue weighted by Crippen LogP contribution is 2.19. The highest BCUT2D eigenvalue weighted by atomic mass is 16.5. The van der Waals surface area contributed by atoms with E-state index in [4.69, 9.17) is 9.26 Å². The summed E-state index contributed by atoms with van der Waals surface area (Å²) in [4.78, 5) is 22.6. The molecule has 1 unspecified atom stereocenters. The monoisotopic (exact) mass is 331 g/mol. The fraction of sp³-hybridized carbons (Fsp3) is 0.500. The molecule has 0 radical (unpaired) electrons. The summed E-state index contributed by atoms with van der Waals surface area (Å²) in [5, 5.41) is 6.51. The minimum atomic E-state index is -0.243. The molecule has 0 bridgehead atoms. The van der Waals surface area contributed by atoms with E-state index in [2.05, 4.69) is 25.3 Å². The van der Waals surface area contributed by atoms with Gasteiger partial charge < -0.3 is 9.26 Å². The number of ether oxygens (including phenoxy) is 1. The van der Waals surface area contributed by atoms with Crippen LogP contribution in [0.3, 0.4) is 0 Å². The van der Waals surface area contributed by atoms with E-state index in [-0.39, 0.29) is 18.1 Å². The van der Waals surface area contributed by atoms with E-state index in [0.717, 1.165) is 31.6 Å². The molecule has 1 aliphatic rings. The van der Waals surface area contributed by atoms with E-state index in [9.17, 15) is 4.79 Å². The van der Waals surface area contributed by atoms with Crippen molar-refractivity contribution in [3.05, 3.63) is 30.4 Å². The predicted molar refractivity (Wildman–Crippen MR) is 86.6 cm³/mol. The molecule has 1 N–H and O–H groups in total. The zero-order valence-corrected chi connectivity index (χ0v) is 13.8. The van der Waals surface area contributed by atoms with Gasteiger partial charge in [0, 0.05) is 31.5 Å². The van der Waals surface area contributed by atoms with E-state index < -0.39 is 0 Å². The second-order valence-electron chi connectivity index (χ2n) is 5.89. The molecular weight excluding hydrogens is 310 g/mol. The van der Waals surface area contributed by atoms with Crippen molar-refractivity contribution in [2.24, 2.45) is 0 Å². The highest BCUT2D eigenvalue weighted by molar-refractivity contribution is 5.93. The zero-order chi connectivity index (χ0) is 16.9. The first kappa shape index (κ1) is 16.4. The lowest BCUT2D eigenvalue weighted by Gasteiger charge is -2.34. The van der Waals surface area contributed by atoms with Crippen LogP contribution < -0.4 is 10.1 Å². The third kappa shape index (κ3) is 4.08. The van der Waals surface area contributed by atoms with E-state index in [1.54, 1.807) is 24.7 Å². The van der Waals surface area contributed by atoms with Crippen LogP contribution in [0.15, 0.2) is 29.2 Å². The van der Waals surface area contributed by atoms with Gasteiger partial charge in [-0.1, -0.05) is 5.16 Å². The van der Waals surface area contributed by atoms with Gasteiger partial charge in [0.05, 0.1) is 17.9 Å². The molecule has 1 aliphatic heterocycles. The Labute approximate surface area is 140 Å². The van der Waals surface area contributed by atoms with Gasteiger partial charge in [-0.05, 0) is 26.7 Å². The summed E-state index contributed by atoms with van der Waals surface area (Å²) in [7, 11) is 0. The Kier molecular flexibility index (Phi) is 5.05. The number of likely N-dealkylation sites (tertiary alicyclic amines) is 1. The molecule has 3 heterocycles. The molecule has 1 fully saturated rings. The Morgan fingerprint density at radius 1 is 1.42 bits per heavy atom. The number of carbonyl (C=O) groups excluding carboxylic acids is 1. The minimum absolute atomic E-state index is 0.0977. The fourth-order valence-electron chi connectivity index (χ4n) is 2.71. The van der Waals surface area contributed by atoms with E-state index in [0.29, 0.717) is 11.8 Å². The first-order valence-corrected chi connectivity index (χ1v) is 8.02. The van der Waals surface area contributed by atoms with Gasteiger partial charge in [0.2, 0.25) is 17.7 Å². The second-order valence-corrected chi connectivity index (χ2v) is 5.89. The third-order valence-corrected chi connectivity index (χ3v) is 4.11. The molecule has 0 spiro atoms. The van der Waals surface area contributed by atoms with Gasteiger partial charge in [0.25, 0.3) is 0 Å². The van der Waals surface area contributed by atoms with Gasteiger partial charge in [-0.2, -0.15) is 0 Å². The predicted octanol–water partition coefficient (Wildman–Crippen LogP) is 1.64. The van der Waals surface area contributed by atoms with Crippen LogP contribution in [0, 0.1) is 6.92 Å². The van der Waals surface area contributed by atoms with Gasteiger partial charge >= 0.3 is 0 Å². The Morgan fingerprint density at radius 3 is 2.83 bits per heavy atom. The summed E-state index contributed by atoms with van der Waals surface area (Å²) < 4.78 is 10.8. The first-order chi connectivity index (χ1) is 11.6. The number of amides is 1. The summed E-state index contributed by atoms with van der Waals surface area (Å²) in [5.41, 5.74) is 0.736. The van der Waals surface area contributed by atoms with Crippen molar-refractivity contribution < 1.29 is 14.1 Å². The average Bonchev–Trinajstić information content (AvgIpc) is 3.00. The third-order valence-electron chi connectivity index (χ3n) is 4.11. The van der Waals surface area contributed by atoms with Crippen molar-refractivity contribution in [3.63, 3.8) is 0 Å². The van der Waals surface area contributed by atoms with Crippen LogP contribution in [0.5, 0.6) is 5.88 Å². The largest absolute Gasteiger partial charge is 0.473 e. The molecular formula is C16H21N5O3. The molecule has 0 aliphatic carbocycles. The van der Waals surface area contributed by atoms with Crippen LogP contribution in [0.1, 0.15) is 25.5 Å². The van der Waals surface area contributed by atoms with E-state index >= 15 is 0 Å². The standard InChI is InChI=1S/C16H21N5O3/c1-11-9-14(24-20-11)19-16(22)12(2)21-7-3-13(4-8-21)23-15-10-17-5-6-18-15/h5-6,9-10,12-13H,3-4,7-8H2,1-2H3,(H,19,22). The quantitative estimate of drug-likeness (QED) is 0.890. The summed E-state index contributed by atoms with van der Waals surface area (Å²) in [6.07, 6.45) is 6.63. The molecule has 8 heteroatoms. The number of hydrogen-bond donors (Lipinski definition) is 1. The average molecular weight is 331 g/mol. The zero-order valence-electron chi connectivity index (χ0n) is 13.8. The maximum absolute atomic E-state index is 12.3. The molecule has 2 aromatic rings. The number of aryl methyl sites for hydroxylation is 1. The number of aromatic nitrogens is 3. The maximum atomic E-state index is 12.3. The van der Waals surface area contributed by atoms with E-state index in [1.165, 1.54) is 0 Å². The summed E-state index contributed by atoms with van der Waals surface area (Å²) >= 11 is 0. The smallest absolute Gasteiger partial charge is 0.243 e. The maximum Gasteiger partial charge on any atom is 0.243 e. The van der Waals surface area contributed by atoms with Crippen molar-refractivity contribution in [2.75, 3.05) is 18.4 Å². The number of hydrogen-bond acceptors (Lipinski definition) is 7. The van der Waals surface area contributed by atoms with Crippen LogP contribution in [-0.4, -0.2) is 51.2 Å². The van der Waals surface area contributed by atoms with Crippen LogP contribution in [0.2, 0.25) is 0 Å². The number of rotatable bonds is 5. The lowest BCUT2D eigenvalue weighted by molar-refractivity contribution is -0.121. The molecule has 128 valence electrons. The Balaban J connectivity index is 1.47. The lowest BCUT2D eigenvalue weighted by atomic mass is 10.1. The number of nitrogens with zero attached hydrogens (tertiary/aromatic N) is 4. The van der Waals surface area contributed by atoms with Gasteiger partial charge in [-0.3, -0.25) is 20.0 Å². The van der Waals surface area contributed by atoms with E-state index in [1.807, 2.05) is 13.8 Å². The Morgan fingerprint density at radius 2 is 2.21 bits per heavy atom. The van der Waals surface area contributed by atoms with Crippen LogP contribution >= 0.6 is 0 Å². The van der Waals surface area contributed by atoms with Crippen molar-refractivity contribution in [3.8, 4) is 5.88 Å².